The van der Waals surface area contributed by atoms with Crippen molar-refractivity contribution in [2.24, 2.45) is 16.6 Å². The Morgan fingerprint density at radius 3 is 2.68 bits per heavy atom. The lowest BCUT2D eigenvalue weighted by Crippen LogP contribution is -2.53. The normalized spacial score (nSPS) is 28.1. The Kier molecular flexibility index (Phi) is 6.69. The number of nitrogens with two attached hydrogens (primary N) is 1. The quantitative estimate of drug-likeness (QED) is 0.455. The number of amidine groups is 1. The minimum absolute atomic E-state index is 0.0267. The minimum atomic E-state index is -1.90. The molecule has 2 N–H and O–H groups in total. The van der Waals surface area contributed by atoms with E-state index in [9.17, 15) is 18.0 Å². The van der Waals surface area contributed by atoms with Crippen molar-refractivity contribution < 1.29 is 36.6 Å². The van der Waals surface area contributed by atoms with Crippen LogP contribution in [-0.2, 0) is 21.4 Å². The Morgan fingerprint density at radius 2 is 2.03 bits per heavy atom. The molecule has 0 bridgehead atoms. The van der Waals surface area contributed by atoms with Gasteiger partial charge in [-0.2, -0.15) is 0 Å². The maximum atomic E-state index is 15.1. The standard InChI is InChI=1S/C22H22F4N4O4/c1-11-20-19(17(6-23)33-11)22(9-24,30-21(27)34-20)13-4-12(2-3-14(13)26)5-16(31)15-7-29-18(8-28-15)32-10-25/h2-4,7-8,11,17,19-20H,5-6,9-10H2,1H3,(H2,27,30)/t11-,17+,19+,20-,22-/m1/s1. The molecule has 4 rings (SSSR count). The van der Waals surface area contributed by atoms with Gasteiger partial charge in [0, 0.05) is 12.0 Å². The van der Waals surface area contributed by atoms with Crippen LogP contribution >= 0.6 is 0 Å². The van der Waals surface area contributed by atoms with E-state index in [4.69, 9.17) is 15.2 Å². The molecule has 0 radical (unpaired) electrons. The maximum absolute atomic E-state index is 15.1. The van der Waals surface area contributed by atoms with E-state index >= 15 is 4.39 Å². The van der Waals surface area contributed by atoms with Crippen LogP contribution in [0.1, 0.15) is 28.5 Å². The van der Waals surface area contributed by atoms with E-state index in [2.05, 4.69) is 19.7 Å². The number of Topliss-reactive ketones (excluding diaryl/α,β-unsaturated/α-hetero) is 1. The van der Waals surface area contributed by atoms with Crippen molar-refractivity contribution in [2.75, 3.05) is 20.2 Å². The highest BCUT2D eigenvalue weighted by atomic mass is 19.1. The Labute approximate surface area is 192 Å². The number of nitrogens with zero attached hydrogens (tertiary/aromatic N) is 3. The summed E-state index contributed by atoms with van der Waals surface area (Å²) in [5.74, 6) is -2.35. The first-order chi connectivity index (χ1) is 16.3. The van der Waals surface area contributed by atoms with Gasteiger partial charge in [0.2, 0.25) is 12.7 Å². The third-order valence-electron chi connectivity index (χ3n) is 6.06. The van der Waals surface area contributed by atoms with Gasteiger partial charge < -0.3 is 19.9 Å². The number of carbonyl (C=O) groups is 1. The summed E-state index contributed by atoms with van der Waals surface area (Å²) in [5.41, 5.74) is 4.02. The highest BCUT2D eigenvalue weighted by Crippen LogP contribution is 2.48. The third-order valence-corrected chi connectivity index (χ3v) is 6.06. The van der Waals surface area contributed by atoms with Gasteiger partial charge in [-0.3, -0.25) is 4.79 Å². The van der Waals surface area contributed by atoms with Gasteiger partial charge >= 0.3 is 0 Å². The zero-order valence-corrected chi connectivity index (χ0v) is 18.1. The van der Waals surface area contributed by atoms with Gasteiger partial charge in [-0.25, -0.2) is 32.5 Å². The number of hydrogen-bond donors (Lipinski definition) is 1. The molecule has 8 nitrogen and oxygen atoms in total. The fourth-order valence-electron chi connectivity index (χ4n) is 4.57. The molecule has 3 heterocycles. The number of alkyl halides is 3. The molecular formula is C22H22F4N4O4. The lowest BCUT2D eigenvalue weighted by molar-refractivity contribution is 0.0115. The third kappa shape index (κ3) is 4.17. The lowest BCUT2D eigenvalue weighted by atomic mass is 9.72. The first kappa shape index (κ1) is 23.9. The van der Waals surface area contributed by atoms with E-state index in [-0.39, 0.29) is 29.6 Å². The van der Waals surface area contributed by atoms with Gasteiger partial charge in [-0.15, -0.1) is 0 Å². The Balaban J connectivity index is 1.69. The van der Waals surface area contributed by atoms with Crippen LogP contribution in [0.2, 0.25) is 0 Å². The number of carbonyl (C=O) groups excluding carboxylic acids is 1. The summed E-state index contributed by atoms with van der Waals surface area (Å²) in [6.07, 6.45) is -0.550. The lowest BCUT2D eigenvalue weighted by Gasteiger charge is -2.41. The fraction of sp³-hybridized carbons (Fsp3) is 0.455. The van der Waals surface area contributed by atoms with Gasteiger partial charge in [0.1, 0.15) is 36.5 Å². The molecule has 2 aliphatic rings. The summed E-state index contributed by atoms with van der Waals surface area (Å²) in [7, 11) is 0. The topological polar surface area (TPSA) is 109 Å². The number of ketones is 1. The number of ether oxygens (including phenoxy) is 3. The first-order valence-electron chi connectivity index (χ1n) is 10.4. The molecule has 0 unspecified atom stereocenters. The van der Waals surface area contributed by atoms with Crippen LogP contribution < -0.4 is 10.5 Å². The van der Waals surface area contributed by atoms with Gasteiger partial charge in [0.25, 0.3) is 6.02 Å². The van der Waals surface area contributed by atoms with Gasteiger partial charge in [-0.05, 0) is 24.6 Å². The summed E-state index contributed by atoms with van der Waals surface area (Å²) in [6, 6.07) is 3.39. The Hall–Kier alpha value is -3.28. The monoisotopic (exact) mass is 482 g/mol. The molecular weight excluding hydrogens is 460 g/mol. The Morgan fingerprint density at radius 1 is 1.24 bits per heavy atom. The van der Waals surface area contributed by atoms with Crippen molar-refractivity contribution in [3.8, 4) is 5.88 Å². The zero-order chi connectivity index (χ0) is 24.5. The number of aliphatic imine (C=N–C) groups is 1. The molecule has 182 valence electrons. The van der Waals surface area contributed by atoms with E-state index in [0.29, 0.717) is 5.56 Å². The summed E-state index contributed by atoms with van der Waals surface area (Å²) in [5, 5.41) is 0. The summed E-state index contributed by atoms with van der Waals surface area (Å²) in [6.45, 7) is -1.61. The molecule has 0 saturated carbocycles. The second-order valence-corrected chi connectivity index (χ2v) is 8.06. The van der Waals surface area contributed by atoms with Crippen LogP contribution in [0.15, 0.2) is 35.6 Å². The minimum Gasteiger partial charge on any atom is -0.459 e. The largest absolute Gasteiger partial charge is 0.459 e. The number of fused-ring (bicyclic) bond motifs is 1. The van der Waals surface area contributed by atoms with Crippen molar-refractivity contribution in [3.05, 3.63) is 53.2 Å². The summed E-state index contributed by atoms with van der Waals surface area (Å²) < 4.78 is 71.4. The number of rotatable bonds is 8. The van der Waals surface area contributed by atoms with Crippen LogP contribution in [-0.4, -0.2) is 60.3 Å². The molecule has 5 atom stereocenters. The molecule has 1 aromatic heterocycles. The average Bonchev–Trinajstić information content (AvgIpc) is 3.16. The molecule has 0 aliphatic carbocycles. The molecule has 1 saturated heterocycles. The number of hydrogen-bond acceptors (Lipinski definition) is 8. The van der Waals surface area contributed by atoms with Crippen LogP contribution in [0.4, 0.5) is 17.6 Å². The molecule has 2 aliphatic heterocycles. The van der Waals surface area contributed by atoms with Gasteiger partial charge in [0.05, 0.1) is 30.5 Å². The van der Waals surface area contributed by atoms with Gasteiger partial charge in [0.15, 0.2) is 5.78 Å². The second kappa shape index (κ2) is 9.53. The number of aromatic nitrogens is 2. The van der Waals surface area contributed by atoms with Crippen molar-refractivity contribution in [2.45, 2.75) is 37.2 Å². The van der Waals surface area contributed by atoms with Gasteiger partial charge in [-0.1, -0.05) is 6.07 Å². The highest BCUT2D eigenvalue weighted by molar-refractivity contribution is 5.95. The molecule has 2 aromatic rings. The average molecular weight is 482 g/mol. The van der Waals surface area contributed by atoms with Crippen molar-refractivity contribution in [1.29, 1.82) is 0 Å². The van der Waals surface area contributed by atoms with E-state index in [0.717, 1.165) is 18.5 Å². The van der Waals surface area contributed by atoms with E-state index < -0.39 is 61.6 Å². The predicted octanol–water partition coefficient (Wildman–Crippen LogP) is 2.60. The van der Waals surface area contributed by atoms with Crippen molar-refractivity contribution >= 4 is 11.8 Å². The van der Waals surface area contributed by atoms with Crippen LogP contribution in [0.25, 0.3) is 0 Å². The van der Waals surface area contributed by atoms with Crippen molar-refractivity contribution in [3.63, 3.8) is 0 Å². The SMILES string of the molecule is C[C@H]1O[C@@H](CF)[C@H]2[C@@H]1OC(N)=N[C@]2(CF)c1cc(CC(=O)c2cnc(OCF)cn2)ccc1F. The van der Waals surface area contributed by atoms with E-state index in [1.807, 2.05) is 0 Å². The number of halogens is 4. The molecule has 0 spiro atoms. The van der Waals surface area contributed by atoms with Crippen molar-refractivity contribution in [1.82, 2.24) is 9.97 Å². The fourth-order valence-corrected chi connectivity index (χ4v) is 4.57. The summed E-state index contributed by atoms with van der Waals surface area (Å²) in [4.78, 5) is 24.4. The van der Waals surface area contributed by atoms with Crippen LogP contribution in [0, 0.1) is 11.7 Å². The molecule has 1 fully saturated rings. The first-order valence-corrected chi connectivity index (χ1v) is 10.4. The van der Waals surface area contributed by atoms with Crippen LogP contribution in [0.5, 0.6) is 5.88 Å². The molecule has 0 amide bonds. The maximum Gasteiger partial charge on any atom is 0.283 e. The molecule has 34 heavy (non-hydrogen) atoms. The Bertz CT molecular complexity index is 1090. The molecule has 1 aromatic carbocycles. The smallest absolute Gasteiger partial charge is 0.283 e. The van der Waals surface area contributed by atoms with E-state index in [1.54, 1.807) is 6.92 Å². The number of benzene rings is 1. The van der Waals surface area contributed by atoms with E-state index in [1.165, 1.54) is 12.1 Å². The summed E-state index contributed by atoms with van der Waals surface area (Å²) >= 11 is 0. The molecule has 12 heteroatoms. The highest BCUT2D eigenvalue weighted by Gasteiger charge is 2.59. The second-order valence-electron chi connectivity index (χ2n) is 8.06. The van der Waals surface area contributed by atoms with Crippen LogP contribution in [0.3, 0.4) is 0 Å². The zero-order valence-electron chi connectivity index (χ0n) is 18.1. The predicted molar refractivity (Wildman–Crippen MR) is 111 cm³/mol.